The van der Waals surface area contributed by atoms with E-state index in [-0.39, 0.29) is 18.4 Å². The van der Waals surface area contributed by atoms with Crippen LogP contribution in [0.3, 0.4) is 0 Å². The fourth-order valence-electron chi connectivity index (χ4n) is 5.02. The topological polar surface area (TPSA) is 173 Å². The van der Waals surface area contributed by atoms with Gasteiger partial charge in [-0.05, 0) is 41.3 Å². The molecule has 1 saturated heterocycles. The highest BCUT2D eigenvalue weighted by molar-refractivity contribution is 6.00. The second kappa shape index (κ2) is 16.3. The average Bonchev–Trinajstić information content (AvgIpc) is 3.00. The quantitative estimate of drug-likeness (QED) is 0.274. The van der Waals surface area contributed by atoms with Gasteiger partial charge >= 0.3 is 23.9 Å². The molecule has 246 valence electrons. The molecule has 0 saturated carbocycles. The zero-order valence-corrected chi connectivity index (χ0v) is 26.5. The van der Waals surface area contributed by atoms with Crippen molar-refractivity contribution in [3.8, 4) is 0 Å². The molecule has 0 aromatic heterocycles. The highest BCUT2D eigenvalue weighted by atomic mass is 16.7. The molecule has 0 radical (unpaired) electrons. The maximum atomic E-state index is 12.3. The van der Waals surface area contributed by atoms with Gasteiger partial charge in [0.05, 0.1) is 0 Å². The third-order valence-corrected chi connectivity index (χ3v) is 6.87. The molecule has 13 nitrogen and oxygen atoms in total. The van der Waals surface area contributed by atoms with Crippen LogP contribution in [0.25, 0.3) is 6.08 Å². The molecule has 0 bridgehead atoms. The Morgan fingerprint density at radius 2 is 1.30 bits per heavy atom. The smallest absolute Gasteiger partial charge is 0.303 e. The van der Waals surface area contributed by atoms with E-state index in [1.54, 1.807) is 30.3 Å². The molecule has 0 unspecified atom stereocenters. The predicted octanol–water partition coefficient (Wildman–Crippen LogP) is 2.46. The molecule has 5 atom stereocenters. The molecule has 0 spiro atoms. The van der Waals surface area contributed by atoms with Crippen LogP contribution in [0.5, 0.6) is 0 Å². The fraction of sp³-hybridized carbons (Fsp3) is 0.394. The summed E-state index contributed by atoms with van der Waals surface area (Å²) in [6.07, 6.45) is -1.79. The number of hydrogen-bond acceptors (Lipinski definition) is 11. The third-order valence-electron chi connectivity index (χ3n) is 6.87. The van der Waals surface area contributed by atoms with Crippen molar-refractivity contribution in [3.05, 3.63) is 76.4 Å². The van der Waals surface area contributed by atoms with Crippen LogP contribution in [0, 0.1) is 0 Å². The lowest BCUT2D eigenvalue weighted by Gasteiger charge is -2.44. The average molecular weight is 639 g/mol. The van der Waals surface area contributed by atoms with Crippen molar-refractivity contribution in [1.82, 2.24) is 10.6 Å². The van der Waals surface area contributed by atoms with E-state index in [9.17, 15) is 28.8 Å². The van der Waals surface area contributed by atoms with E-state index in [0.717, 1.165) is 19.4 Å². The summed E-state index contributed by atoms with van der Waals surface area (Å²) in [5.74, 6) is -3.40. The number of benzene rings is 2. The van der Waals surface area contributed by atoms with Crippen LogP contribution in [0.15, 0.2) is 48.5 Å². The molecule has 1 fully saturated rings. The summed E-state index contributed by atoms with van der Waals surface area (Å²) in [4.78, 5) is 72.5. The van der Waals surface area contributed by atoms with Crippen molar-refractivity contribution >= 4 is 41.8 Å². The van der Waals surface area contributed by atoms with Crippen LogP contribution in [0.2, 0.25) is 0 Å². The number of carbonyl (C=O) groups excluding carboxylic acids is 6. The number of rotatable bonds is 11. The number of ether oxygens (including phenoxy) is 5. The van der Waals surface area contributed by atoms with E-state index in [4.69, 9.17) is 23.7 Å². The third kappa shape index (κ3) is 9.73. The highest BCUT2D eigenvalue weighted by Gasteiger charge is 2.52. The molecule has 3 rings (SSSR count). The van der Waals surface area contributed by atoms with Gasteiger partial charge in [0.1, 0.15) is 18.8 Å². The van der Waals surface area contributed by atoms with Gasteiger partial charge < -0.3 is 34.3 Å². The number of esters is 4. The van der Waals surface area contributed by atoms with Crippen molar-refractivity contribution in [2.45, 2.75) is 64.6 Å². The molecule has 2 aromatic rings. The van der Waals surface area contributed by atoms with Crippen LogP contribution in [0.4, 0.5) is 0 Å². The molecule has 46 heavy (non-hydrogen) atoms. The summed E-state index contributed by atoms with van der Waals surface area (Å²) >= 11 is 0. The van der Waals surface area contributed by atoms with Crippen molar-refractivity contribution in [2.24, 2.45) is 0 Å². The summed E-state index contributed by atoms with van der Waals surface area (Å²) in [6, 6.07) is 12.0. The van der Waals surface area contributed by atoms with Crippen LogP contribution in [0.1, 0.15) is 71.2 Å². The first-order chi connectivity index (χ1) is 21.8. The molecule has 1 aliphatic rings. The van der Waals surface area contributed by atoms with Crippen molar-refractivity contribution in [2.75, 3.05) is 20.7 Å². The standard InChI is InChI=1S/C33H38N2O11/c1-18(36)42-17-27-29(43-19(2)37)31(45-21(4)39)30(44-20(3)38)28(46-27)24-12-8-10-22(13-24)9-7-11-23-14-25(32(40)34-5)16-26(15-23)33(41)35-6/h7-8,10-16,27-31H,9,17H2,1-6H3,(H,34,40)(H,35,41)/b11-7+/t27-,28-,29-,30-,31+/m1/s1. The minimum Gasteiger partial charge on any atom is -0.463 e. The first-order valence-electron chi connectivity index (χ1n) is 14.5. The summed E-state index contributed by atoms with van der Waals surface area (Å²) in [6.45, 7) is 4.38. The lowest BCUT2D eigenvalue weighted by molar-refractivity contribution is -0.254. The van der Waals surface area contributed by atoms with Crippen molar-refractivity contribution in [1.29, 1.82) is 0 Å². The van der Waals surface area contributed by atoms with Gasteiger partial charge in [-0.15, -0.1) is 0 Å². The van der Waals surface area contributed by atoms with E-state index in [0.29, 0.717) is 28.7 Å². The number of amides is 2. The van der Waals surface area contributed by atoms with Crippen LogP contribution in [-0.2, 0) is 49.3 Å². The molecular formula is C33H38N2O11. The zero-order valence-electron chi connectivity index (χ0n) is 26.5. The Kier molecular flexibility index (Phi) is 12.6. The van der Waals surface area contributed by atoms with E-state index < -0.39 is 54.4 Å². The number of hydrogen-bond donors (Lipinski definition) is 2. The summed E-state index contributed by atoms with van der Waals surface area (Å²) in [7, 11) is 3.01. The molecule has 2 aromatic carbocycles. The Labute approximate surface area is 266 Å². The molecule has 2 N–H and O–H groups in total. The van der Waals surface area contributed by atoms with Gasteiger partial charge in [-0.25, -0.2) is 0 Å². The minimum atomic E-state index is -1.28. The number of nitrogens with one attached hydrogen (secondary N) is 2. The maximum Gasteiger partial charge on any atom is 0.303 e. The summed E-state index contributed by atoms with van der Waals surface area (Å²) in [5.41, 5.74) is 2.65. The molecule has 13 heteroatoms. The first kappa shape index (κ1) is 35.4. The van der Waals surface area contributed by atoms with Gasteiger partial charge in [-0.2, -0.15) is 0 Å². The van der Waals surface area contributed by atoms with Gasteiger partial charge in [0.25, 0.3) is 11.8 Å². The number of allylic oxidation sites excluding steroid dienone is 1. The largest absolute Gasteiger partial charge is 0.463 e. The maximum absolute atomic E-state index is 12.3. The van der Waals surface area contributed by atoms with Crippen LogP contribution >= 0.6 is 0 Å². The van der Waals surface area contributed by atoms with E-state index in [2.05, 4.69) is 10.6 Å². The lowest BCUT2D eigenvalue weighted by atomic mass is 9.89. The molecule has 1 heterocycles. The van der Waals surface area contributed by atoms with E-state index in [1.165, 1.54) is 34.0 Å². The Morgan fingerprint density at radius 3 is 1.85 bits per heavy atom. The number of carbonyl (C=O) groups is 6. The van der Waals surface area contributed by atoms with Crippen LogP contribution < -0.4 is 10.6 Å². The van der Waals surface area contributed by atoms with Gasteiger partial charge in [-0.1, -0.05) is 36.4 Å². The van der Waals surface area contributed by atoms with E-state index >= 15 is 0 Å². The summed E-state index contributed by atoms with van der Waals surface area (Å²) < 4.78 is 28.0. The molecule has 2 amide bonds. The summed E-state index contributed by atoms with van der Waals surface area (Å²) in [5, 5.41) is 5.11. The van der Waals surface area contributed by atoms with Crippen molar-refractivity contribution < 1.29 is 52.5 Å². The Morgan fingerprint density at radius 1 is 0.739 bits per heavy atom. The lowest BCUT2D eigenvalue weighted by Crippen LogP contribution is -2.59. The van der Waals surface area contributed by atoms with E-state index in [1.807, 2.05) is 18.2 Å². The fourth-order valence-corrected chi connectivity index (χ4v) is 5.02. The zero-order chi connectivity index (χ0) is 34.0. The van der Waals surface area contributed by atoms with Gasteiger partial charge in [0.15, 0.2) is 18.3 Å². The molecule has 1 aliphatic heterocycles. The Hall–Kier alpha value is -5.04. The van der Waals surface area contributed by atoms with Crippen molar-refractivity contribution in [3.63, 3.8) is 0 Å². The normalized spacial score (nSPS) is 20.7. The SMILES string of the molecule is CNC(=O)c1cc(/C=C/Cc2cccc([C@H]3O[C@H](COC(C)=O)[C@@H](OC(C)=O)[C@H](OC(C)=O)[C@@H]3OC(C)=O)c2)cc(C(=O)NC)c1. The second-order valence-corrected chi connectivity index (χ2v) is 10.5. The van der Waals surface area contributed by atoms with Crippen LogP contribution in [-0.4, -0.2) is 80.8 Å². The Balaban J connectivity index is 1.97. The molecular weight excluding hydrogens is 600 g/mol. The second-order valence-electron chi connectivity index (χ2n) is 10.5. The predicted molar refractivity (Wildman–Crippen MR) is 163 cm³/mol. The highest BCUT2D eigenvalue weighted by Crippen LogP contribution is 2.38. The first-order valence-corrected chi connectivity index (χ1v) is 14.5. The monoisotopic (exact) mass is 638 g/mol. The van der Waals surface area contributed by atoms with Gasteiger partial charge in [0, 0.05) is 52.9 Å². The minimum absolute atomic E-state index is 0.328. The molecule has 0 aliphatic carbocycles. The van der Waals surface area contributed by atoms with Gasteiger partial charge in [-0.3, -0.25) is 28.8 Å². The van der Waals surface area contributed by atoms with Gasteiger partial charge in [0.2, 0.25) is 0 Å². The Bertz CT molecular complexity index is 1470.